The number of nitrogens with two attached hydrogens (primary N) is 1. The third-order valence-corrected chi connectivity index (χ3v) is 2.51. The molecule has 1 rings (SSSR count). The molecule has 0 saturated heterocycles. The Bertz CT molecular complexity index is 385. The van der Waals surface area contributed by atoms with Crippen LogP contribution < -0.4 is 15.2 Å². The molecule has 0 heterocycles. The Hall–Kier alpha value is -1.07. The van der Waals surface area contributed by atoms with Crippen molar-refractivity contribution in [2.45, 2.75) is 5.92 Å². The number of methoxy groups -OCH3 is 2. The second-order valence-electron chi connectivity index (χ2n) is 3.07. The number of halogens is 3. The van der Waals surface area contributed by atoms with Crippen molar-refractivity contribution in [3.8, 4) is 11.5 Å². The van der Waals surface area contributed by atoms with Crippen LogP contribution in [0.2, 0.25) is 5.02 Å². The van der Waals surface area contributed by atoms with E-state index in [1.54, 1.807) is 0 Å². The van der Waals surface area contributed by atoms with Gasteiger partial charge >= 0.3 is 0 Å². The number of hydrogen-bond donors (Lipinski definition) is 1. The normalized spacial score (nSPS) is 11.4. The van der Waals surface area contributed by atoms with Gasteiger partial charge in [-0.25, -0.2) is 0 Å². The van der Waals surface area contributed by atoms with Crippen LogP contribution in [0.5, 0.6) is 11.5 Å². The highest BCUT2D eigenvalue weighted by molar-refractivity contribution is 6.33. The molecule has 0 unspecified atom stereocenters. The van der Waals surface area contributed by atoms with Crippen LogP contribution in [0, 0.1) is 0 Å². The van der Waals surface area contributed by atoms with Crippen LogP contribution in [-0.2, 0) is 5.92 Å². The van der Waals surface area contributed by atoms with Gasteiger partial charge in [-0.1, -0.05) is 11.6 Å². The first-order valence-electron chi connectivity index (χ1n) is 4.46. The molecule has 1 aromatic rings. The molecular formula is C10H12ClF2NO2. The van der Waals surface area contributed by atoms with E-state index in [0.29, 0.717) is 5.75 Å². The van der Waals surface area contributed by atoms with Gasteiger partial charge in [0.05, 0.1) is 25.8 Å². The standard InChI is InChI=1S/C10H12ClF2NO2/c1-15-7-4-3-6(10(12,13)5-14)8(11)9(7)16-2/h3-4H,5,14H2,1-2H3. The molecule has 0 aliphatic carbocycles. The van der Waals surface area contributed by atoms with Gasteiger partial charge in [0, 0.05) is 5.56 Å². The third kappa shape index (κ3) is 2.20. The first-order chi connectivity index (χ1) is 7.47. The minimum atomic E-state index is -3.18. The molecule has 0 saturated carbocycles. The van der Waals surface area contributed by atoms with E-state index >= 15 is 0 Å². The van der Waals surface area contributed by atoms with E-state index in [2.05, 4.69) is 0 Å². The lowest BCUT2D eigenvalue weighted by Gasteiger charge is -2.18. The molecule has 16 heavy (non-hydrogen) atoms. The fraction of sp³-hybridized carbons (Fsp3) is 0.400. The smallest absolute Gasteiger partial charge is 0.286 e. The van der Waals surface area contributed by atoms with Gasteiger partial charge in [-0.05, 0) is 12.1 Å². The summed E-state index contributed by atoms with van der Waals surface area (Å²) in [6.07, 6.45) is 0. The molecule has 0 aromatic heterocycles. The van der Waals surface area contributed by atoms with Crippen LogP contribution in [-0.4, -0.2) is 20.8 Å². The third-order valence-electron chi connectivity index (χ3n) is 2.14. The van der Waals surface area contributed by atoms with Gasteiger partial charge in [-0.2, -0.15) is 8.78 Å². The molecule has 6 heteroatoms. The van der Waals surface area contributed by atoms with Crippen LogP contribution in [0.4, 0.5) is 8.78 Å². The SMILES string of the molecule is COc1ccc(C(F)(F)CN)c(Cl)c1OC. The average molecular weight is 252 g/mol. The van der Waals surface area contributed by atoms with Crippen molar-refractivity contribution in [3.63, 3.8) is 0 Å². The Morgan fingerprint density at radius 3 is 2.38 bits per heavy atom. The Labute approximate surface area is 97.1 Å². The van der Waals surface area contributed by atoms with Gasteiger partial charge < -0.3 is 15.2 Å². The summed E-state index contributed by atoms with van der Waals surface area (Å²) in [4.78, 5) is 0. The predicted octanol–water partition coefficient (Wildman–Crippen LogP) is 2.41. The van der Waals surface area contributed by atoms with E-state index in [1.807, 2.05) is 0 Å². The highest BCUT2D eigenvalue weighted by atomic mass is 35.5. The van der Waals surface area contributed by atoms with Crippen molar-refractivity contribution in [1.82, 2.24) is 0 Å². The molecular weight excluding hydrogens is 240 g/mol. The number of hydrogen-bond acceptors (Lipinski definition) is 3. The summed E-state index contributed by atoms with van der Waals surface area (Å²) < 4.78 is 36.6. The fourth-order valence-corrected chi connectivity index (χ4v) is 1.65. The minimum Gasteiger partial charge on any atom is -0.493 e. The molecule has 0 aliphatic rings. The summed E-state index contributed by atoms with van der Waals surface area (Å²) in [6.45, 7) is -0.817. The lowest BCUT2D eigenvalue weighted by atomic mass is 10.1. The second-order valence-corrected chi connectivity index (χ2v) is 3.45. The van der Waals surface area contributed by atoms with Crippen molar-refractivity contribution < 1.29 is 18.3 Å². The molecule has 2 N–H and O–H groups in total. The van der Waals surface area contributed by atoms with Crippen LogP contribution in [0.3, 0.4) is 0 Å². The lowest BCUT2D eigenvalue weighted by Crippen LogP contribution is -2.25. The minimum absolute atomic E-state index is 0.0785. The van der Waals surface area contributed by atoms with E-state index in [0.717, 1.165) is 0 Å². The lowest BCUT2D eigenvalue weighted by molar-refractivity contribution is 0.00583. The molecule has 0 aliphatic heterocycles. The number of benzene rings is 1. The van der Waals surface area contributed by atoms with Crippen molar-refractivity contribution >= 4 is 11.6 Å². The molecule has 90 valence electrons. The summed E-state index contributed by atoms with van der Waals surface area (Å²) in [5.74, 6) is -2.81. The van der Waals surface area contributed by atoms with E-state index in [4.69, 9.17) is 26.8 Å². The van der Waals surface area contributed by atoms with Crippen LogP contribution in [0.15, 0.2) is 12.1 Å². The average Bonchev–Trinajstić information content (AvgIpc) is 2.28. The Morgan fingerprint density at radius 2 is 1.94 bits per heavy atom. The first kappa shape index (κ1) is 13.0. The maximum absolute atomic E-state index is 13.4. The van der Waals surface area contributed by atoms with Gasteiger partial charge in [0.2, 0.25) is 0 Å². The van der Waals surface area contributed by atoms with Gasteiger partial charge in [0.25, 0.3) is 5.92 Å². The van der Waals surface area contributed by atoms with Crippen LogP contribution >= 0.6 is 11.6 Å². The molecule has 3 nitrogen and oxygen atoms in total. The van der Waals surface area contributed by atoms with Gasteiger partial charge in [-0.3, -0.25) is 0 Å². The maximum atomic E-state index is 13.4. The van der Waals surface area contributed by atoms with Gasteiger partial charge in [-0.15, -0.1) is 0 Å². The zero-order valence-electron chi connectivity index (χ0n) is 8.89. The monoisotopic (exact) mass is 251 g/mol. The van der Waals surface area contributed by atoms with E-state index in [-0.39, 0.29) is 16.3 Å². The zero-order chi connectivity index (χ0) is 12.3. The van der Waals surface area contributed by atoms with Crippen molar-refractivity contribution in [2.75, 3.05) is 20.8 Å². The van der Waals surface area contributed by atoms with E-state index in [9.17, 15) is 8.78 Å². The second kappa shape index (κ2) is 4.84. The Morgan fingerprint density at radius 1 is 1.31 bits per heavy atom. The topological polar surface area (TPSA) is 44.5 Å². The van der Waals surface area contributed by atoms with Crippen molar-refractivity contribution in [1.29, 1.82) is 0 Å². The first-order valence-corrected chi connectivity index (χ1v) is 4.84. The molecule has 0 amide bonds. The Kier molecular flexibility index (Phi) is 3.93. The Balaban J connectivity index is 3.35. The predicted molar refractivity (Wildman–Crippen MR) is 57.5 cm³/mol. The van der Waals surface area contributed by atoms with Crippen molar-refractivity contribution in [2.24, 2.45) is 5.73 Å². The zero-order valence-corrected chi connectivity index (χ0v) is 9.65. The number of ether oxygens (including phenoxy) is 2. The maximum Gasteiger partial charge on any atom is 0.286 e. The van der Waals surface area contributed by atoms with Gasteiger partial charge in [0.1, 0.15) is 0 Å². The highest BCUT2D eigenvalue weighted by Crippen LogP contribution is 2.42. The largest absolute Gasteiger partial charge is 0.493 e. The van der Waals surface area contributed by atoms with Crippen molar-refractivity contribution in [3.05, 3.63) is 22.7 Å². The quantitative estimate of drug-likeness (QED) is 0.894. The molecule has 0 atom stereocenters. The molecule has 0 spiro atoms. The molecule has 0 bridgehead atoms. The van der Waals surface area contributed by atoms with E-state index < -0.39 is 12.5 Å². The van der Waals surface area contributed by atoms with Crippen LogP contribution in [0.25, 0.3) is 0 Å². The molecule has 0 fully saturated rings. The van der Waals surface area contributed by atoms with Crippen LogP contribution in [0.1, 0.15) is 5.56 Å². The number of alkyl halides is 2. The molecule has 1 aromatic carbocycles. The fourth-order valence-electron chi connectivity index (χ4n) is 1.28. The highest BCUT2D eigenvalue weighted by Gasteiger charge is 2.34. The summed E-state index contributed by atoms with van der Waals surface area (Å²) in [5.41, 5.74) is 4.62. The van der Waals surface area contributed by atoms with Gasteiger partial charge in [0.15, 0.2) is 11.5 Å². The summed E-state index contributed by atoms with van der Waals surface area (Å²) in [5, 5.41) is -0.183. The summed E-state index contributed by atoms with van der Waals surface area (Å²) in [6, 6.07) is 2.54. The summed E-state index contributed by atoms with van der Waals surface area (Å²) in [7, 11) is 2.73. The molecule has 0 radical (unpaired) electrons. The van der Waals surface area contributed by atoms with E-state index in [1.165, 1.54) is 26.4 Å². The summed E-state index contributed by atoms with van der Waals surface area (Å²) >= 11 is 5.82. The number of rotatable bonds is 4.